The van der Waals surface area contributed by atoms with Crippen molar-refractivity contribution < 1.29 is 19.0 Å². The predicted octanol–water partition coefficient (Wildman–Crippen LogP) is 2.36. The molecule has 0 radical (unpaired) electrons. The summed E-state index contributed by atoms with van der Waals surface area (Å²) in [6.07, 6.45) is 1.56. The number of anilines is 1. The summed E-state index contributed by atoms with van der Waals surface area (Å²) in [6.45, 7) is 0. The molecule has 110 valence electrons. The minimum Gasteiger partial charge on any atom is -0.493 e. The molecule has 0 unspecified atom stereocenters. The molecule has 1 aromatic heterocycles. The van der Waals surface area contributed by atoms with E-state index in [1.54, 1.807) is 43.6 Å². The molecule has 1 amide bonds. The molecule has 0 spiro atoms. The topological polar surface area (TPSA) is 69.7 Å². The molecule has 1 N–H and O–H groups in total. The van der Waals surface area contributed by atoms with Crippen molar-refractivity contribution in [2.45, 2.75) is 0 Å². The average Bonchev–Trinajstić information content (AvgIpc) is 2.54. The van der Waals surface area contributed by atoms with E-state index in [9.17, 15) is 4.79 Å². The Morgan fingerprint density at radius 1 is 1.05 bits per heavy atom. The lowest BCUT2D eigenvalue weighted by molar-refractivity contribution is 0.102. The summed E-state index contributed by atoms with van der Waals surface area (Å²) in [6, 6.07) is 8.44. The molecule has 6 heteroatoms. The fraction of sp³-hybridized carbons (Fsp3) is 0.200. The smallest absolute Gasteiger partial charge is 0.261 e. The number of nitrogens with zero attached hydrogens (tertiary/aromatic N) is 1. The zero-order valence-electron chi connectivity index (χ0n) is 12.0. The molecule has 1 aromatic carbocycles. The van der Waals surface area contributed by atoms with Gasteiger partial charge >= 0.3 is 0 Å². The van der Waals surface area contributed by atoms with Crippen molar-refractivity contribution >= 4 is 11.6 Å². The van der Waals surface area contributed by atoms with Gasteiger partial charge in [-0.2, -0.15) is 0 Å². The Balaban J connectivity index is 2.23. The fourth-order valence-corrected chi connectivity index (χ4v) is 1.84. The Kier molecular flexibility index (Phi) is 4.61. The first-order valence-electron chi connectivity index (χ1n) is 6.22. The highest BCUT2D eigenvalue weighted by atomic mass is 16.5. The van der Waals surface area contributed by atoms with Crippen LogP contribution in [0.1, 0.15) is 10.4 Å². The van der Waals surface area contributed by atoms with Crippen LogP contribution in [0.25, 0.3) is 0 Å². The van der Waals surface area contributed by atoms with Crippen LogP contribution in [0.15, 0.2) is 36.5 Å². The quantitative estimate of drug-likeness (QED) is 0.914. The van der Waals surface area contributed by atoms with Gasteiger partial charge in [0, 0.05) is 18.0 Å². The molecule has 0 saturated heterocycles. The molecule has 0 saturated carbocycles. The van der Waals surface area contributed by atoms with Crippen molar-refractivity contribution in [3.63, 3.8) is 0 Å². The van der Waals surface area contributed by atoms with Crippen LogP contribution >= 0.6 is 0 Å². The molecule has 0 fully saturated rings. The Morgan fingerprint density at radius 2 is 1.81 bits per heavy atom. The number of hydrogen-bond acceptors (Lipinski definition) is 5. The lowest BCUT2D eigenvalue weighted by Gasteiger charge is -2.11. The number of ether oxygens (including phenoxy) is 3. The van der Waals surface area contributed by atoms with E-state index in [1.807, 2.05) is 0 Å². The first-order valence-corrected chi connectivity index (χ1v) is 6.22. The van der Waals surface area contributed by atoms with Gasteiger partial charge in [0.25, 0.3) is 5.91 Å². The zero-order valence-corrected chi connectivity index (χ0v) is 12.0. The third kappa shape index (κ3) is 3.22. The lowest BCUT2D eigenvalue weighted by Crippen LogP contribution is -2.13. The van der Waals surface area contributed by atoms with E-state index in [-0.39, 0.29) is 11.8 Å². The minimum atomic E-state index is -0.313. The minimum absolute atomic E-state index is 0.274. The highest BCUT2D eigenvalue weighted by Gasteiger charge is 2.14. The van der Waals surface area contributed by atoms with Crippen LogP contribution < -0.4 is 19.5 Å². The summed E-state index contributed by atoms with van der Waals surface area (Å²) < 4.78 is 15.4. The van der Waals surface area contributed by atoms with Gasteiger partial charge in [-0.05, 0) is 24.3 Å². The van der Waals surface area contributed by atoms with E-state index in [1.165, 1.54) is 14.2 Å². The first-order chi connectivity index (χ1) is 10.2. The van der Waals surface area contributed by atoms with Crippen LogP contribution in [0.4, 0.5) is 5.69 Å². The van der Waals surface area contributed by atoms with Crippen molar-refractivity contribution in [2.75, 3.05) is 26.6 Å². The number of hydrogen-bond donors (Lipinski definition) is 1. The lowest BCUT2D eigenvalue weighted by atomic mass is 10.2. The van der Waals surface area contributed by atoms with Crippen molar-refractivity contribution in [1.29, 1.82) is 0 Å². The van der Waals surface area contributed by atoms with E-state index in [0.717, 1.165) is 0 Å². The number of aromatic nitrogens is 1. The van der Waals surface area contributed by atoms with Gasteiger partial charge in [-0.3, -0.25) is 4.79 Å². The molecule has 0 atom stereocenters. The van der Waals surface area contributed by atoms with Gasteiger partial charge in [-0.15, -0.1) is 0 Å². The summed E-state index contributed by atoms with van der Waals surface area (Å²) in [5.41, 5.74) is 0.943. The maximum Gasteiger partial charge on any atom is 0.261 e. The highest BCUT2D eigenvalue weighted by molar-refractivity contribution is 6.05. The van der Waals surface area contributed by atoms with E-state index >= 15 is 0 Å². The van der Waals surface area contributed by atoms with Crippen molar-refractivity contribution in [1.82, 2.24) is 4.98 Å². The van der Waals surface area contributed by atoms with Gasteiger partial charge in [-0.25, -0.2) is 4.98 Å². The highest BCUT2D eigenvalue weighted by Crippen LogP contribution is 2.30. The van der Waals surface area contributed by atoms with Crippen molar-refractivity contribution in [2.24, 2.45) is 0 Å². The van der Waals surface area contributed by atoms with E-state index in [4.69, 9.17) is 14.2 Å². The van der Waals surface area contributed by atoms with Crippen molar-refractivity contribution in [3.8, 4) is 17.4 Å². The molecule has 6 nitrogen and oxygen atoms in total. The number of amides is 1. The number of rotatable bonds is 5. The van der Waals surface area contributed by atoms with E-state index in [0.29, 0.717) is 22.7 Å². The Hall–Kier alpha value is -2.76. The summed E-state index contributed by atoms with van der Waals surface area (Å²) >= 11 is 0. The summed E-state index contributed by atoms with van der Waals surface area (Å²) in [4.78, 5) is 16.2. The number of nitrogens with one attached hydrogen (secondary N) is 1. The molecule has 21 heavy (non-hydrogen) atoms. The van der Waals surface area contributed by atoms with Gasteiger partial charge in [-0.1, -0.05) is 0 Å². The first kappa shape index (κ1) is 14.6. The number of pyridine rings is 1. The molecule has 2 rings (SSSR count). The Labute approximate surface area is 122 Å². The van der Waals surface area contributed by atoms with Gasteiger partial charge < -0.3 is 19.5 Å². The predicted molar refractivity (Wildman–Crippen MR) is 78.3 cm³/mol. The van der Waals surface area contributed by atoms with Gasteiger partial charge in [0.05, 0.1) is 21.3 Å². The third-order valence-corrected chi connectivity index (χ3v) is 2.85. The molecular formula is C15H16N2O4. The van der Waals surface area contributed by atoms with Crippen LogP contribution in [0, 0.1) is 0 Å². The van der Waals surface area contributed by atoms with Crippen LogP contribution in [0.5, 0.6) is 17.4 Å². The molecule has 0 aliphatic carbocycles. The second-order valence-corrected chi connectivity index (χ2v) is 4.08. The number of carbonyl (C=O) groups excluding carboxylic acids is 1. The Bertz CT molecular complexity index is 643. The second-order valence-electron chi connectivity index (χ2n) is 4.08. The molecule has 1 heterocycles. The molecule has 0 aliphatic rings. The van der Waals surface area contributed by atoms with E-state index < -0.39 is 0 Å². The average molecular weight is 288 g/mol. The number of carbonyl (C=O) groups is 1. The Morgan fingerprint density at radius 3 is 2.48 bits per heavy atom. The maximum atomic E-state index is 12.2. The third-order valence-electron chi connectivity index (χ3n) is 2.85. The summed E-state index contributed by atoms with van der Waals surface area (Å²) in [5.74, 6) is 1.09. The largest absolute Gasteiger partial charge is 0.493 e. The van der Waals surface area contributed by atoms with Crippen LogP contribution in [-0.2, 0) is 0 Å². The number of benzene rings is 1. The van der Waals surface area contributed by atoms with E-state index in [2.05, 4.69) is 10.3 Å². The van der Waals surface area contributed by atoms with Crippen LogP contribution in [0.2, 0.25) is 0 Å². The molecular weight excluding hydrogens is 272 g/mol. The maximum absolute atomic E-state index is 12.2. The van der Waals surface area contributed by atoms with Crippen LogP contribution in [-0.4, -0.2) is 32.2 Å². The fourth-order valence-electron chi connectivity index (χ4n) is 1.84. The van der Waals surface area contributed by atoms with Crippen molar-refractivity contribution in [3.05, 3.63) is 42.1 Å². The SMILES string of the molecule is COc1ccc(NC(=O)c2cccnc2OC)cc1OC. The van der Waals surface area contributed by atoms with Gasteiger partial charge in [0.2, 0.25) is 5.88 Å². The van der Waals surface area contributed by atoms with Gasteiger partial charge in [0.15, 0.2) is 11.5 Å². The van der Waals surface area contributed by atoms with Crippen LogP contribution in [0.3, 0.4) is 0 Å². The molecule has 0 bridgehead atoms. The van der Waals surface area contributed by atoms with Gasteiger partial charge in [0.1, 0.15) is 5.56 Å². The zero-order chi connectivity index (χ0) is 15.2. The summed E-state index contributed by atoms with van der Waals surface area (Å²) in [7, 11) is 4.56. The molecule has 0 aliphatic heterocycles. The summed E-state index contributed by atoms with van der Waals surface area (Å²) in [5, 5.41) is 2.76. The molecule has 2 aromatic rings. The monoisotopic (exact) mass is 288 g/mol. The number of methoxy groups -OCH3 is 3. The normalized spacial score (nSPS) is 9.86. The standard InChI is InChI=1S/C15H16N2O4/c1-19-12-7-6-10(9-13(12)20-2)17-14(18)11-5-4-8-16-15(11)21-3/h4-9H,1-3H3,(H,17,18). The second kappa shape index (κ2) is 6.60.